The molecular weight excluding hydrogens is 280 g/mol. The van der Waals surface area contributed by atoms with E-state index in [4.69, 9.17) is 17.0 Å². The largest absolute Gasteiger partial charge is 0.383 e. The molecule has 2 rings (SSSR count). The third kappa shape index (κ3) is 3.10. The van der Waals surface area contributed by atoms with Crippen LogP contribution in [-0.2, 0) is 16.7 Å². The fraction of sp³-hybridized carbons (Fsp3) is 0.583. The summed E-state index contributed by atoms with van der Waals surface area (Å²) < 4.78 is 7.65. The minimum Gasteiger partial charge on any atom is -0.383 e. The molecule has 0 fully saturated rings. The van der Waals surface area contributed by atoms with Crippen LogP contribution in [0.15, 0.2) is 6.20 Å². The molecule has 0 spiro atoms. The Labute approximate surface area is 121 Å². The van der Waals surface area contributed by atoms with Crippen LogP contribution in [0.3, 0.4) is 0 Å². The number of aromatic nitrogens is 4. The average molecular weight is 298 g/mol. The van der Waals surface area contributed by atoms with E-state index in [9.17, 15) is 0 Å². The molecule has 0 amide bonds. The molecule has 2 aromatic heterocycles. The predicted molar refractivity (Wildman–Crippen MR) is 79.1 cm³/mol. The van der Waals surface area contributed by atoms with Crippen LogP contribution in [-0.4, -0.2) is 33.5 Å². The van der Waals surface area contributed by atoms with E-state index < -0.39 is 0 Å². The SMILES string of the molecule is COCCn1c(-c2cnc(C(C)(C)C)s2)n[nH]c1=S. The van der Waals surface area contributed by atoms with Crippen molar-refractivity contribution in [2.24, 2.45) is 0 Å². The van der Waals surface area contributed by atoms with Crippen LogP contribution < -0.4 is 0 Å². The van der Waals surface area contributed by atoms with Crippen molar-refractivity contribution in [3.63, 3.8) is 0 Å². The van der Waals surface area contributed by atoms with Gasteiger partial charge >= 0.3 is 0 Å². The Morgan fingerprint density at radius 1 is 1.47 bits per heavy atom. The van der Waals surface area contributed by atoms with Crippen molar-refractivity contribution >= 4 is 23.6 Å². The molecule has 0 aliphatic heterocycles. The van der Waals surface area contributed by atoms with Gasteiger partial charge in [0.15, 0.2) is 10.6 Å². The highest BCUT2D eigenvalue weighted by molar-refractivity contribution is 7.71. The molecule has 0 bridgehead atoms. The van der Waals surface area contributed by atoms with Gasteiger partial charge in [-0.2, -0.15) is 5.10 Å². The zero-order chi connectivity index (χ0) is 14.0. The second-order valence-corrected chi connectivity index (χ2v) is 6.69. The van der Waals surface area contributed by atoms with Crippen LogP contribution in [0.2, 0.25) is 0 Å². The highest BCUT2D eigenvalue weighted by Gasteiger charge is 2.20. The molecule has 0 aliphatic carbocycles. The summed E-state index contributed by atoms with van der Waals surface area (Å²) in [5.74, 6) is 0.829. The first kappa shape index (κ1) is 14.4. The maximum atomic E-state index is 5.24. The average Bonchev–Trinajstić information content (AvgIpc) is 2.92. The molecule has 104 valence electrons. The van der Waals surface area contributed by atoms with Crippen molar-refractivity contribution < 1.29 is 4.74 Å². The summed E-state index contributed by atoms with van der Waals surface area (Å²) >= 11 is 6.89. The van der Waals surface area contributed by atoms with E-state index in [1.807, 2.05) is 10.8 Å². The molecule has 0 saturated heterocycles. The van der Waals surface area contributed by atoms with Gasteiger partial charge in [-0.25, -0.2) is 4.98 Å². The van der Waals surface area contributed by atoms with Gasteiger partial charge in [0.1, 0.15) is 0 Å². The van der Waals surface area contributed by atoms with Gasteiger partial charge in [-0.15, -0.1) is 11.3 Å². The maximum absolute atomic E-state index is 5.24. The van der Waals surface area contributed by atoms with Gasteiger partial charge in [-0.1, -0.05) is 20.8 Å². The lowest BCUT2D eigenvalue weighted by Gasteiger charge is -2.13. The number of rotatable bonds is 4. The number of H-pyrrole nitrogens is 1. The Hall–Kier alpha value is -1.05. The van der Waals surface area contributed by atoms with E-state index >= 15 is 0 Å². The molecule has 0 radical (unpaired) electrons. The molecule has 0 saturated carbocycles. The standard InChI is InChI=1S/C12H18N4OS2/c1-12(2,3)10-13-7-8(19-10)9-14-15-11(18)16(9)5-6-17-4/h7H,5-6H2,1-4H3,(H,15,18). The lowest BCUT2D eigenvalue weighted by molar-refractivity contribution is 0.187. The van der Waals surface area contributed by atoms with Gasteiger partial charge in [0.2, 0.25) is 0 Å². The maximum Gasteiger partial charge on any atom is 0.195 e. The monoisotopic (exact) mass is 298 g/mol. The summed E-state index contributed by atoms with van der Waals surface area (Å²) in [5.41, 5.74) is 0.0490. The highest BCUT2D eigenvalue weighted by Crippen LogP contribution is 2.31. The molecule has 5 nitrogen and oxygen atoms in total. The number of hydrogen-bond acceptors (Lipinski definition) is 5. The van der Waals surface area contributed by atoms with E-state index in [0.29, 0.717) is 17.9 Å². The number of ether oxygens (including phenoxy) is 1. The van der Waals surface area contributed by atoms with Crippen LogP contribution >= 0.6 is 23.6 Å². The Balaban J connectivity index is 2.37. The number of aromatic amines is 1. The summed E-state index contributed by atoms with van der Waals surface area (Å²) in [6, 6.07) is 0. The number of hydrogen-bond donors (Lipinski definition) is 1. The molecule has 0 unspecified atom stereocenters. The lowest BCUT2D eigenvalue weighted by Crippen LogP contribution is -2.09. The van der Waals surface area contributed by atoms with Crippen LogP contribution in [0, 0.1) is 4.77 Å². The van der Waals surface area contributed by atoms with E-state index in [-0.39, 0.29) is 5.41 Å². The van der Waals surface area contributed by atoms with Crippen LogP contribution in [0.5, 0.6) is 0 Å². The first-order valence-corrected chi connectivity index (χ1v) is 7.27. The minimum atomic E-state index is 0.0490. The Morgan fingerprint density at radius 3 is 2.79 bits per heavy atom. The molecule has 1 N–H and O–H groups in total. The molecular formula is C12H18N4OS2. The minimum absolute atomic E-state index is 0.0490. The zero-order valence-electron chi connectivity index (χ0n) is 11.6. The molecule has 0 aliphatic rings. The van der Waals surface area contributed by atoms with Gasteiger partial charge in [0.05, 0.1) is 23.0 Å². The van der Waals surface area contributed by atoms with E-state index in [0.717, 1.165) is 15.7 Å². The molecule has 0 atom stereocenters. The number of thiazole rings is 1. The zero-order valence-corrected chi connectivity index (χ0v) is 13.2. The van der Waals surface area contributed by atoms with Crippen molar-refractivity contribution in [2.75, 3.05) is 13.7 Å². The molecule has 19 heavy (non-hydrogen) atoms. The molecule has 2 aromatic rings. The first-order chi connectivity index (χ1) is 8.93. The van der Waals surface area contributed by atoms with Crippen molar-refractivity contribution in [3.8, 4) is 10.7 Å². The third-order valence-electron chi connectivity index (χ3n) is 2.64. The van der Waals surface area contributed by atoms with Crippen LogP contribution in [0.1, 0.15) is 25.8 Å². The second-order valence-electron chi connectivity index (χ2n) is 5.28. The van der Waals surface area contributed by atoms with E-state index in [1.165, 1.54) is 0 Å². The second kappa shape index (κ2) is 5.52. The molecule has 7 heteroatoms. The fourth-order valence-electron chi connectivity index (χ4n) is 1.62. The van der Waals surface area contributed by atoms with E-state index in [2.05, 4.69) is 36.0 Å². The first-order valence-electron chi connectivity index (χ1n) is 6.04. The van der Waals surface area contributed by atoms with Crippen molar-refractivity contribution in [3.05, 3.63) is 16.0 Å². The van der Waals surface area contributed by atoms with Gasteiger partial charge in [-0.05, 0) is 12.2 Å². The Bertz CT molecular complexity index is 606. The number of nitrogens with zero attached hydrogens (tertiary/aromatic N) is 3. The predicted octanol–water partition coefficient (Wildman–Crippen LogP) is 3.01. The Morgan fingerprint density at radius 2 is 2.21 bits per heavy atom. The molecule has 2 heterocycles. The van der Waals surface area contributed by atoms with Crippen molar-refractivity contribution in [2.45, 2.75) is 32.7 Å². The van der Waals surface area contributed by atoms with Crippen molar-refractivity contribution in [1.82, 2.24) is 19.7 Å². The topological polar surface area (TPSA) is 55.7 Å². The van der Waals surface area contributed by atoms with Crippen LogP contribution in [0.4, 0.5) is 0 Å². The number of nitrogens with one attached hydrogen (secondary N) is 1. The summed E-state index contributed by atoms with van der Waals surface area (Å²) in [7, 11) is 1.67. The number of methoxy groups -OCH3 is 1. The van der Waals surface area contributed by atoms with E-state index in [1.54, 1.807) is 18.4 Å². The molecule has 0 aromatic carbocycles. The summed E-state index contributed by atoms with van der Waals surface area (Å²) in [6.07, 6.45) is 1.86. The fourth-order valence-corrected chi connectivity index (χ4v) is 2.82. The normalized spacial score (nSPS) is 12.0. The summed E-state index contributed by atoms with van der Waals surface area (Å²) in [6.45, 7) is 7.74. The smallest absolute Gasteiger partial charge is 0.195 e. The van der Waals surface area contributed by atoms with Crippen LogP contribution in [0.25, 0.3) is 10.7 Å². The quantitative estimate of drug-likeness (QED) is 0.882. The Kier molecular flexibility index (Phi) is 4.17. The van der Waals surface area contributed by atoms with Gasteiger partial charge in [0.25, 0.3) is 0 Å². The summed E-state index contributed by atoms with van der Waals surface area (Å²) in [4.78, 5) is 5.50. The lowest BCUT2D eigenvalue weighted by atomic mass is 9.98. The van der Waals surface area contributed by atoms with Gasteiger partial charge in [-0.3, -0.25) is 9.67 Å². The highest BCUT2D eigenvalue weighted by atomic mass is 32.1. The van der Waals surface area contributed by atoms with Crippen molar-refractivity contribution in [1.29, 1.82) is 0 Å². The summed E-state index contributed by atoms with van der Waals surface area (Å²) in [5, 5.41) is 8.22. The van der Waals surface area contributed by atoms with Gasteiger partial charge < -0.3 is 4.74 Å². The van der Waals surface area contributed by atoms with Gasteiger partial charge in [0, 0.05) is 18.7 Å². The third-order valence-corrected chi connectivity index (χ3v) is 4.38.